The van der Waals surface area contributed by atoms with E-state index in [0.717, 1.165) is 32.4 Å². The summed E-state index contributed by atoms with van der Waals surface area (Å²) in [4.78, 5) is 19.9. The Morgan fingerprint density at radius 3 is 2.81 bits per heavy atom. The molecular weight excluding hydrogens is 282 g/mol. The van der Waals surface area contributed by atoms with Crippen molar-refractivity contribution in [2.45, 2.75) is 51.4 Å². The average molecular weight is 307 g/mol. The highest BCUT2D eigenvalue weighted by molar-refractivity contribution is 7.12. The summed E-state index contributed by atoms with van der Waals surface area (Å²) < 4.78 is 0. The van der Waals surface area contributed by atoms with Gasteiger partial charge in [0.1, 0.15) is 6.17 Å². The van der Waals surface area contributed by atoms with E-state index in [1.165, 1.54) is 9.75 Å². The van der Waals surface area contributed by atoms with Gasteiger partial charge >= 0.3 is 0 Å². The summed E-state index contributed by atoms with van der Waals surface area (Å²) >= 11 is 1.80. The number of hydrogen-bond donors (Lipinski definition) is 1. The van der Waals surface area contributed by atoms with Gasteiger partial charge in [0.15, 0.2) is 0 Å². The minimum absolute atomic E-state index is 0.00619. The Labute approximate surface area is 131 Å². The molecule has 1 amide bonds. The van der Waals surface area contributed by atoms with Crippen molar-refractivity contribution < 1.29 is 4.79 Å². The van der Waals surface area contributed by atoms with Crippen LogP contribution in [0.2, 0.25) is 0 Å². The first kappa shape index (κ1) is 15.0. The molecule has 0 saturated carbocycles. The number of amides is 1. The standard InChI is InChI=1S/C16H25N3OS/c1-4-5-13-16(20)19(12-8-9-18(3)10-12)15(17-13)14-7-6-11(2)21-14/h6-7,12-13,15,17H,4-5,8-10H2,1-3H3. The van der Waals surface area contributed by atoms with Crippen LogP contribution in [0.5, 0.6) is 0 Å². The smallest absolute Gasteiger partial charge is 0.241 e. The van der Waals surface area contributed by atoms with E-state index in [0.29, 0.717) is 11.9 Å². The molecule has 21 heavy (non-hydrogen) atoms. The molecular formula is C16H25N3OS. The molecule has 0 radical (unpaired) electrons. The molecule has 2 fully saturated rings. The lowest BCUT2D eigenvalue weighted by Gasteiger charge is -2.29. The molecule has 0 aliphatic carbocycles. The van der Waals surface area contributed by atoms with E-state index in [2.05, 4.69) is 48.1 Å². The maximum Gasteiger partial charge on any atom is 0.241 e. The first-order chi connectivity index (χ1) is 10.1. The SMILES string of the molecule is CCCC1NC(c2ccc(C)s2)N(C2CCN(C)C2)C1=O. The number of thiophene rings is 1. The van der Waals surface area contributed by atoms with Gasteiger partial charge in [0, 0.05) is 22.3 Å². The maximum atomic E-state index is 12.8. The van der Waals surface area contributed by atoms with E-state index in [9.17, 15) is 4.79 Å². The van der Waals surface area contributed by atoms with E-state index in [1.807, 2.05) is 0 Å². The second kappa shape index (κ2) is 6.07. The van der Waals surface area contributed by atoms with Crippen molar-refractivity contribution in [3.05, 3.63) is 21.9 Å². The van der Waals surface area contributed by atoms with Gasteiger partial charge in [0.25, 0.3) is 0 Å². The molecule has 2 saturated heterocycles. The highest BCUT2D eigenvalue weighted by Gasteiger charge is 2.44. The van der Waals surface area contributed by atoms with Crippen molar-refractivity contribution in [3.63, 3.8) is 0 Å². The normalized spacial score (nSPS) is 30.5. The summed E-state index contributed by atoms with van der Waals surface area (Å²) in [5.74, 6) is 0.299. The van der Waals surface area contributed by atoms with Gasteiger partial charge in [0.05, 0.1) is 6.04 Å². The predicted molar refractivity (Wildman–Crippen MR) is 86.4 cm³/mol. The first-order valence-corrected chi connectivity index (χ1v) is 8.75. The lowest BCUT2D eigenvalue weighted by Crippen LogP contribution is -2.41. The Morgan fingerprint density at radius 1 is 1.43 bits per heavy atom. The summed E-state index contributed by atoms with van der Waals surface area (Å²) in [6.45, 7) is 6.35. The van der Waals surface area contributed by atoms with E-state index in [4.69, 9.17) is 0 Å². The third-order valence-electron chi connectivity index (χ3n) is 4.56. The van der Waals surface area contributed by atoms with Gasteiger partial charge in [-0.3, -0.25) is 10.1 Å². The van der Waals surface area contributed by atoms with Crippen molar-refractivity contribution in [3.8, 4) is 0 Å². The summed E-state index contributed by atoms with van der Waals surface area (Å²) in [6, 6.07) is 4.67. The zero-order valence-electron chi connectivity index (χ0n) is 13.1. The Hall–Kier alpha value is -0.910. The predicted octanol–water partition coefficient (Wildman–Crippen LogP) is 2.36. The van der Waals surface area contributed by atoms with E-state index in [1.54, 1.807) is 11.3 Å². The molecule has 2 aliphatic heterocycles. The molecule has 3 unspecified atom stereocenters. The van der Waals surface area contributed by atoms with Crippen molar-refractivity contribution in [2.24, 2.45) is 0 Å². The average Bonchev–Trinajstić information content (AvgIpc) is 3.12. The number of nitrogens with zero attached hydrogens (tertiary/aromatic N) is 2. The van der Waals surface area contributed by atoms with Crippen LogP contribution >= 0.6 is 11.3 Å². The maximum absolute atomic E-state index is 12.8. The van der Waals surface area contributed by atoms with Crippen LogP contribution in [0.15, 0.2) is 12.1 Å². The van der Waals surface area contributed by atoms with Crippen molar-refractivity contribution in [1.29, 1.82) is 0 Å². The van der Waals surface area contributed by atoms with Crippen LogP contribution < -0.4 is 5.32 Å². The Morgan fingerprint density at radius 2 is 2.24 bits per heavy atom. The van der Waals surface area contributed by atoms with Crippen LogP contribution in [-0.2, 0) is 4.79 Å². The second-order valence-electron chi connectivity index (χ2n) is 6.31. The number of hydrogen-bond acceptors (Lipinski definition) is 4. The topological polar surface area (TPSA) is 35.6 Å². The van der Waals surface area contributed by atoms with Crippen molar-refractivity contribution in [1.82, 2.24) is 15.1 Å². The molecule has 1 aromatic rings. The molecule has 5 heteroatoms. The zero-order valence-corrected chi connectivity index (χ0v) is 13.9. The Balaban J connectivity index is 1.86. The van der Waals surface area contributed by atoms with Gasteiger partial charge in [-0.15, -0.1) is 11.3 Å². The summed E-state index contributed by atoms with van der Waals surface area (Å²) in [5, 5.41) is 3.58. The van der Waals surface area contributed by atoms with Gasteiger partial charge in [-0.2, -0.15) is 0 Å². The third-order valence-corrected chi connectivity index (χ3v) is 5.61. The molecule has 0 bridgehead atoms. The first-order valence-electron chi connectivity index (χ1n) is 7.93. The van der Waals surface area contributed by atoms with Crippen LogP contribution in [0.25, 0.3) is 0 Å². The van der Waals surface area contributed by atoms with Crippen LogP contribution in [0.3, 0.4) is 0 Å². The molecule has 1 aromatic heterocycles. The summed E-state index contributed by atoms with van der Waals surface area (Å²) in [7, 11) is 2.14. The highest BCUT2D eigenvalue weighted by atomic mass is 32.1. The van der Waals surface area contributed by atoms with Crippen LogP contribution in [0.1, 0.15) is 42.1 Å². The molecule has 3 heterocycles. The van der Waals surface area contributed by atoms with Crippen molar-refractivity contribution in [2.75, 3.05) is 20.1 Å². The fourth-order valence-corrected chi connectivity index (χ4v) is 4.43. The van der Waals surface area contributed by atoms with Gasteiger partial charge in [-0.1, -0.05) is 13.3 Å². The molecule has 116 valence electrons. The quantitative estimate of drug-likeness (QED) is 0.927. The van der Waals surface area contributed by atoms with E-state index in [-0.39, 0.29) is 12.2 Å². The molecule has 0 spiro atoms. The second-order valence-corrected chi connectivity index (χ2v) is 7.63. The largest absolute Gasteiger partial charge is 0.316 e. The lowest BCUT2D eigenvalue weighted by atomic mass is 10.1. The number of aryl methyl sites for hydroxylation is 1. The molecule has 3 atom stereocenters. The monoisotopic (exact) mass is 307 g/mol. The fraction of sp³-hybridized carbons (Fsp3) is 0.688. The van der Waals surface area contributed by atoms with E-state index >= 15 is 0 Å². The Bertz CT molecular complexity index is 515. The number of carbonyl (C=O) groups is 1. The van der Waals surface area contributed by atoms with Crippen LogP contribution in [0.4, 0.5) is 0 Å². The number of rotatable bonds is 4. The Kier molecular flexibility index (Phi) is 4.33. The number of carbonyl (C=O) groups excluding carboxylic acids is 1. The van der Waals surface area contributed by atoms with Crippen molar-refractivity contribution >= 4 is 17.2 Å². The summed E-state index contributed by atoms with van der Waals surface area (Å²) in [5.41, 5.74) is 0. The van der Waals surface area contributed by atoms with Crippen LogP contribution in [0, 0.1) is 6.92 Å². The molecule has 1 N–H and O–H groups in total. The highest BCUT2D eigenvalue weighted by Crippen LogP contribution is 2.34. The van der Waals surface area contributed by atoms with Gasteiger partial charge in [-0.05, 0) is 45.5 Å². The number of likely N-dealkylation sites (tertiary alicyclic amines) is 1. The van der Waals surface area contributed by atoms with E-state index < -0.39 is 0 Å². The van der Waals surface area contributed by atoms with Gasteiger partial charge in [0.2, 0.25) is 5.91 Å². The minimum atomic E-state index is -0.00619. The zero-order chi connectivity index (χ0) is 15.0. The molecule has 3 rings (SSSR count). The minimum Gasteiger partial charge on any atom is -0.316 e. The van der Waals surface area contributed by atoms with Gasteiger partial charge in [-0.25, -0.2) is 0 Å². The number of nitrogens with one attached hydrogen (secondary N) is 1. The number of likely N-dealkylation sites (N-methyl/N-ethyl adjacent to an activating group) is 1. The van der Waals surface area contributed by atoms with Crippen LogP contribution in [-0.4, -0.2) is 47.9 Å². The molecule has 0 aromatic carbocycles. The van der Waals surface area contributed by atoms with Gasteiger partial charge < -0.3 is 9.80 Å². The third kappa shape index (κ3) is 2.87. The lowest BCUT2D eigenvalue weighted by molar-refractivity contribution is -0.132. The fourth-order valence-electron chi connectivity index (χ4n) is 3.49. The summed E-state index contributed by atoms with van der Waals surface area (Å²) in [6.07, 6.45) is 3.13. The molecule has 4 nitrogen and oxygen atoms in total. The molecule has 2 aliphatic rings.